The molecule has 2 aromatic rings. The Morgan fingerprint density at radius 1 is 1.24 bits per heavy atom. The molecule has 1 aromatic heterocycles. The van der Waals surface area contributed by atoms with E-state index in [9.17, 15) is 10.1 Å². The monoisotopic (exact) mass is 469 g/mol. The molecule has 3 rings (SSSR count). The van der Waals surface area contributed by atoms with Gasteiger partial charge >= 0.3 is 0 Å². The van der Waals surface area contributed by atoms with Crippen molar-refractivity contribution in [2.45, 2.75) is 19.4 Å². The maximum atomic E-state index is 13.0. The Morgan fingerprint density at radius 2 is 1.97 bits per heavy atom. The summed E-state index contributed by atoms with van der Waals surface area (Å²) in [5.74, 6) is -0.0878. The summed E-state index contributed by atoms with van der Waals surface area (Å²) < 4.78 is 0. The van der Waals surface area contributed by atoms with Gasteiger partial charge in [-0.1, -0.05) is 46.4 Å². The number of aromatic nitrogens is 1. The molecule has 0 bridgehead atoms. The van der Waals surface area contributed by atoms with Crippen LogP contribution in [0.25, 0.3) is 0 Å². The number of hydrazine groups is 1. The molecule has 2 heterocycles. The minimum absolute atomic E-state index is 0.149. The van der Waals surface area contributed by atoms with Gasteiger partial charge in [-0.25, -0.2) is 9.99 Å². The van der Waals surface area contributed by atoms with E-state index in [2.05, 4.69) is 10.3 Å². The van der Waals surface area contributed by atoms with Crippen molar-refractivity contribution in [2.24, 2.45) is 0 Å². The number of rotatable bonds is 4. The third kappa shape index (κ3) is 4.39. The normalized spacial score (nSPS) is 13.9. The van der Waals surface area contributed by atoms with Crippen LogP contribution < -0.4 is 15.3 Å². The molecule has 0 saturated carbocycles. The quantitative estimate of drug-likeness (QED) is 0.606. The highest BCUT2D eigenvalue weighted by Crippen LogP contribution is 2.41. The van der Waals surface area contributed by atoms with Crippen LogP contribution >= 0.6 is 46.4 Å². The fourth-order valence-corrected chi connectivity index (χ4v) is 3.79. The van der Waals surface area contributed by atoms with Crippen LogP contribution in [0.15, 0.2) is 41.7 Å². The summed E-state index contributed by atoms with van der Waals surface area (Å²) in [4.78, 5) is 17.3. The molecular formula is C19H15Cl4N5O. The smallest absolute Gasteiger partial charge is 0.254 e. The summed E-state index contributed by atoms with van der Waals surface area (Å²) in [7, 11) is 0. The number of carbonyl (C=O) groups excluding carboxylic acids is 1. The van der Waals surface area contributed by atoms with E-state index in [0.717, 1.165) is 0 Å². The van der Waals surface area contributed by atoms with E-state index in [1.165, 1.54) is 12.1 Å². The number of benzene rings is 1. The van der Waals surface area contributed by atoms with E-state index >= 15 is 0 Å². The number of amides is 1. The number of nitrogens with one attached hydrogen (secondary N) is 1. The first-order valence-electron chi connectivity index (χ1n) is 8.41. The van der Waals surface area contributed by atoms with Crippen molar-refractivity contribution in [1.82, 2.24) is 10.3 Å². The third-order valence-corrected chi connectivity index (χ3v) is 5.17. The van der Waals surface area contributed by atoms with Crippen LogP contribution in [0.3, 0.4) is 0 Å². The maximum Gasteiger partial charge on any atom is 0.254 e. The Morgan fingerprint density at radius 3 is 2.62 bits per heavy atom. The average molecular weight is 471 g/mol. The van der Waals surface area contributed by atoms with Crippen molar-refractivity contribution in [3.8, 4) is 6.07 Å². The number of hydrogen-bond donors (Lipinski definition) is 1. The molecule has 150 valence electrons. The summed E-state index contributed by atoms with van der Waals surface area (Å²) in [6, 6.07) is 8.40. The van der Waals surface area contributed by atoms with Gasteiger partial charge in [0.05, 0.1) is 33.9 Å². The van der Waals surface area contributed by atoms with Crippen molar-refractivity contribution < 1.29 is 4.79 Å². The van der Waals surface area contributed by atoms with Crippen LogP contribution in [-0.4, -0.2) is 23.0 Å². The molecule has 1 aliphatic heterocycles. The lowest BCUT2D eigenvalue weighted by molar-refractivity contribution is 0.0930. The Hall–Kier alpha value is -2.17. The maximum absolute atomic E-state index is 13.0. The zero-order chi connectivity index (χ0) is 21.3. The first-order valence-corrected chi connectivity index (χ1v) is 9.92. The fraction of sp³-hybridized carbons (Fsp3) is 0.211. The van der Waals surface area contributed by atoms with Crippen molar-refractivity contribution in [3.63, 3.8) is 0 Å². The molecule has 1 aromatic carbocycles. The van der Waals surface area contributed by atoms with Gasteiger partial charge in [-0.2, -0.15) is 5.26 Å². The van der Waals surface area contributed by atoms with Crippen LogP contribution in [-0.2, 0) is 0 Å². The fourth-order valence-electron chi connectivity index (χ4n) is 2.75. The number of nitriles is 1. The predicted molar refractivity (Wildman–Crippen MR) is 117 cm³/mol. The molecule has 0 aliphatic carbocycles. The van der Waals surface area contributed by atoms with Crippen LogP contribution in [0.4, 0.5) is 11.5 Å². The van der Waals surface area contributed by atoms with E-state index < -0.39 is 11.4 Å². The lowest BCUT2D eigenvalue weighted by atomic mass is 10.1. The van der Waals surface area contributed by atoms with Crippen molar-refractivity contribution in [2.75, 3.05) is 16.6 Å². The number of halogens is 4. The van der Waals surface area contributed by atoms with Gasteiger partial charge in [0.25, 0.3) is 5.91 Å². The summed E-state index contributed by atoms with van der Waals surface area (Å²) >= 11 is 25.4. The molecule has 0 unspecified atom stereocenters. The van der Waals surface area contributed by atoms with Crippen LogP contribution in [0.2, 0.25) is 15.1 Å². The first kappa shape index (κ1) is 21.5. The minimum Gasteiger partial charge on any atom is -0.334 e. The molecule has 6 nitrogen and oxygen atoms in total. The highest BCUT2D eigenvalue weighted by Gasteiger charge is 2.33. The Kier molecular flexibility index (Phi) is 6.16. The molecule has 1 amide bonds. The Bertz CT molecular complexity index is 1050. The van der Waals surface area contributed by atoms with Crippen molar-refractivity contribution in [1.29, 1.82) is 5.26 Å². The van der Waals surface area contributed by atoms with E-state index in [0.29, 0.717) is 28.2 Å². The molecule has 0 spiro atoms. The molecule has 10 heteroatoms. The lowest BCUT2D eigenvalue weighted by Gasteiger charge is -2.33. The number of anilines is 2. The number of carbonyl (C=O) groups is 1. The van der Waals surface area contributed by atoms with Gasteiger partial charge in [-0.3, -0.25) is 9.80 Å². The van der Waals surface area contributed by atoms with Gasteiger partial charge in [0, 0.05) is 11.2 Å². The molecule has 0 radical (unpaired) electrons. The molecule has 1 aliphatic rings. The third-order valence-electron chi connectivity index (χ3n) is 4.05. The number of hydrogen-bond acceptors (Lipinski definition) is 5. The van der Waals surface area contributed by atoms with E-state index in [1.807, 2.05) is 6.07 Å². The summed E-state index contributed by atoms with van der Waals surface area (Å²) in [5.41, 5.74) is -0.656. The Labute approximate surface area is 188 Å². The SMILES string of the molecule is CC(C)(C#N)NC(=O)c1cc(Cl)cc(Cl)c1N1C(Cl)=CCN1c1ncccc1Cl. The Balaban J connectivity index is 2.14. The van der Waals surface area contributed by atoms with Gasteiger partial charge in [0.2, 0.25) is 0 Å². The van der Waals surface area contributed by atoms with Crippen molar-refractivity contribution in [3.05, 3.63) is 62.3 Å². The van der Waals surface area contributed by atoms with Gasteiger partial charge in [-0.15, -0.1) is 0 Å². The molecule has 29 heavy (non-hydrogen) atoms. The van der Waals surface area contributed by atoms with E-state index in [4.69, 9.17) is 46.4 Å². The standard InChI is InChI=1S/C19H15Cl4N5O/c1-19(2,10-24)26-18(29)12-8-11(20)9-14(22)16(12)28-15(23)5-7-27(28)17-13(21)4-3-6-25-17/h3-6,8-9H,7H2,1-2H3,(H,26,29). The second kappa shape index (κ2) is 8.29. The highest BCUT2D eigenvalue weighted by atomic mass is 35.5. The van der Waals surface area contributed by atoms with E-state index in [-0.39, 0.29) is 15.6 Å². The number of pyridine rings is 1. The predicted octanol–water partition coefficient (Wildman–Crippen LogP) is 5.40. The van der Waals surface area contributed by atoms with Gasteiger partial charge in [0.15, 0.2) is 5.82 Å². The summed E-state index contributed by atoms with van der Waals surface area (Å²) in [6.07, 6.45) is 3.33. The molecular weight excluding hydrogens is 456 g/mol. The van der Waals surface area contributed by atoms with Crippen LogP contribution in [0, 0.1) is 11.3 Å². The number of nitrogens with zero attached hydrogens (tertiary/aromatic N) is 4. The van der Waals surface area contributed by atoms with Crippen LogP contribution in [0.1, 0.15) is 24.2 Å². The molecule has 0 atom stereocenters. The second-order valence-corrected chi connectivity index (χ2v) is 8.34. The summed E-state index contributed by atoms with van der Waals surface area (Å²) in [5, 5.41) is 16.3. The minimum atomic E-state index is -1.10. The molecule has 1 N–H and O–H groups in total. The second-order valence-electron chi connectivity index (χ2n) is 6.70. The first-order chi connectivity index (χ1) is 13.6. The highest BCUT2D eigenvalue weighted by molar-refractivity contribution is 6.39. The lowest BCUT2D eigenvalue weighted by Crippen LogP contribution is -2.44. The summed E-state index contributed by atoms with van der Waals surface area (Å²) in [6.45, 7) is 3.53. The van der Waals surface area contributed by atoms with Crippen molar-refractivity contribution >= 4 is 63.8 Å². The largest absolute Gasteiger partial charge is 0.334 e. The van der Waals surface area contributed by atoms with Gasteiger partial charge in [0.1, 0.15) is 10.7 Å². The van der Waals surface area contributed by atoms with Crippen LogP contribution in [0.5, 0.6) is 0 Å². The molecule has 0 fully saturated rings. The zero-order valence-corrected chi connectivity index (χ0v) is 18.4. The van der Waals surface area contributed by atoms with Gasteiger partial charge < -0.3 is 5.32 Å². The zero-order valence-electron chi connectivity index (χ0n) is 15.4. The van der Waals surface area contributed by atoms with Gasteiger partial charge in [-0.05, 0) is 44.2 Å². The van der Waals surface area contributed by atoms with E-state index in [1.54, 1.807) is 48.3 Å². The topological polar surface area (TPSA) is 72.3 Å². The average Bonchev–Trinajstić information content (AvgIpc) is 3.02. The molecule has 0 saturated heterocycles.